The molecule has 2 aliphatic heterocycles. The van der Waals surface area contributed by atoms with E-state index in [-0.39, 0.29) is 5.91 Å². The first-order chi connectivity index (χ1) is 8.83. The third kappa shape index (κ3) is 2.23. The molecule has 0 aliphatic carbocycles. The van der Waals surface area contributed by atoms with Crippen LogP contribution in [0.1, 0.15) is 31.2 Å². The molecule has 0 unspecified atom stereocenters. The number of hydrogen-bond acceptors (Lipinski definition) is 3. The summed E-state index contributed by atoms with van der Waals surface area (Å²) < 4.78 is 0. The number of nitrogens with one attached hydrogen (secondary N) is 1. The van der Waals surface area contributed by atoms with E-state index in [9.17, 15) is 4.79 Å². The number of carbonyl (C=O) groups excluding carboxylic acids is 1. The lowest BCUT2D eigenvalue weighted by molar-refractivity contribution is -0.119. The molecule has 1 N–H and O–H groups in total. The van der Waals surface area contributed by atoms with E-state index >= 15 is 0 Å². The van der Waals surface area contributed by atoms with E-state index in [0.29, 0.717) is 6.42 Å². The number of nitrogens with zero attached hydrogens (tertiary/aromatic N) is 2. The van der Waals surface area contributed by atoms with Crippen molar-refractivity contribution in [3.05, 3.63) is 29.8 Å². The standard InChI is InChI=1S/C14H17N3O/c18-14-10-13(15-16-14)11-4-6-12(7-5-11)17-8-2-1-3-9-17/h4-7H,1-3,8-10H2,(H,16,18). The molecule has 1 amide bonds. The van der Waals surface area contributed by atoms with Gasteiger partial charge in [-0.2, -0.15) is 5.10 Å². The first-order valence-corrected chi connectivity index (χ1v) is 6.54. The molecule has 2 aliphatic rings. The van der Waals surface area contributed by atoms with E-state index in [4.69, 9.17) is 0 Å². The van der Waals surface area contributed by atoms with Gasteiger partial charge in [0.05, 0.1) is 12.1 Å². The molecule has 0 saturated carbocycles. The number of benzene rings is 1. The molecule has 4 heteroatoms. The van der Waals surface area contributed by atoms with Gasteiger partial charge in [-0.15, -0.1) is 0 Å². The zero-order chi connectivity index (χ0) is 12.4. The number of piperidine rings is 1. The third-order valence-electron chi connectivity index (χ3n) is 3.57. The van der Waals surface area contributed by atoms with Crippen molar-refractivity contribution in [3.8, 4) is 0 Å². The molecule has 4 nitrogen and oxygen atoms in total. The van der Waals surface area contributed by atoms with Crippen molar-refractivity contribution in [2.75, 3.05) is 18.0 Å². The van der Waals surface area contributed by atoms with Gasteiger partial charge in [-0.25, -0.2) is 5.43 Å². The van der Waals surface area contributed by atoms with Gasteiger partial charge in [-0.05, 0) is 37.0 Å². The molecule has 94 valence electrons. The van der Waals surface area contributed by atoms with Gasteiger partial charge < -0.3 is 4.90 Å². The molecule has 1 aromatic rings. The Morgan fingerprint density at radius 3 is 2.39 bits per heavy atom. The van der Waals surface area contributed by atoms with Crippen LogP contribution in [0.25, 0.3) is 0 Å². The molecular weight excluding hydrogens is 226 g/mol. The van der Waals surface area contributed by atoms with Crippen molar-refractivity contribution >= 4 is 17.3 Å². The van der Waals surface area contributed by atoms with Gasteiger partial charge >= 0.3 is 0 Å². The van der Waals surface area contributed by atoms with Gasteiger partial charge in [0.1, 0.15) is 0 Å². The molecule has 3 rings (SSSR count). The summed E-state index contributed by atoms with van der Waals surface area (Å²) in [5.74, 6) is -0.0230. The number of carbonyl (C=O) groups is 1. The normalized spacial score (nSPS) is 19.7. The van der Waals surface area contributed by atoms with Crippen LogP contribution in [-0.4, -0.2) is 24.7 Å². The lowest BCUT2D eigenvalue weighted by atomic mass is 10.1. The summed E-state index contributed by atoms with van der Waals surface area (Å²) in [6, 6.07) is 8.38. The molecular formula is C14H17N3O. The van der Waals surface area contributed by atoms with Crippen molar-refractivity contribution in [3.63, 3.8) is 0 Å². The van der Waals surface area contributed by atoms with Gasteiger partial charge in [-0.1, -0.05) is 12.1 Å². The first-order valence-electron chi connectivity index (χ1n) is 6.54. The maximum Gasteiger partial charge on any atom is 0.246 e. The lowest BCUT2D eigenvalue weighted by Crippen LogP contribution is -2.29. The summed E-state index contributed by atoms with van der Waals surface area (Å²) in [6.07, 6.45) is 4.31. The van der Waals surface area contributed by atoms with Crippen LogP contribution in [0.3, 0.4) is 0 Å². The van der Waals surface area contributed by atoms with Crippen LogP contribution in [0.2, 0.25) is 0 Å². The minimum Gasteiger partial charge on any atom is -0.372 e. The summed E-state index contributed by atoms with van der Waals surface area (Å²) in [4.78, 5) is 13.5. The van der Waals surface area contributed by atoms with Gasteiger partial charge in [-0.3, -0.25) is 4.79 Å². The Labute approximate surface area is 107 Å². The molecule has 1 aromatic carbocycles. The smallest absolute Gasteiger partial charge is 0.246 e. The van der Waals surface area contributed by atoms with Gasteiger partial charge in [0, 0.05) is 18.8 Å². The Morgan fingerprint density at radius 2 is 1.78 bits per heavy atom. The van der Waals surface area contributed by atoms with Crippen molar-refractivity contribution in [1.29, 1.82) is 0 Å². The maximum atomic E-state index is 11.1. The van der Waals surface area contributed by atoms with Crippen LogP contribution in [0.15, 0.2) is 29.4 Å². The molecule has 0 bridgehead atoms. The van der Waals surface area contributed by atoms with Crippen LogP contribution in [-0.2, 0) is 4.79 Å². The first kappa shape index (κ1) is 11.3. The van der Waals surface area contributed by atoms with E-state index in [1.807, 2.05) is 0 Å². The average Bonchev–Trinajstić information content (AvgIpc) is 2.87. The highest BCUT2D eigenvalue weighted by molar-refractivity contribution is 6.13. The van der Waals surface area contributed by atoms with Crippen molar-refractivity contribution in [2.45, 2.75) is 25.7 Å². The highest BCUT2D eigenvalue weighted by Crippen LogP contribution is 2.21. The quantitative estimate of drug-likeness (QED) is 0.862. The molecule has 0 radical (unpaired) electrons. The summed E-state index contributed by atoms with van der Waals surface area (Å²) in [7, 11) is 0. The topological polar surface area (TPSA) is 44.7 Å². The van der Waals surface area contributed by atoms with Crippen molar-refractivity contribution in [2.24, 2.45) is 5.10 Å². The van der Waals surface area contributed by atoms with E-state index in [1.165, 1.54) is 24.9 Å². The summed E-state index contributed by atoms with van der Waals surface area (Å²) in [6.45, 7) is 2.31. The largest absolute Gasteiger partial charge is 0.372 e. The predicted octanol–water partition coefficient (Wildman–Crippen LogP) is 1.90. The van der Waals surface area contributed by atoms with Crippen LogP contribution in [0, 0.1) is 0 Å². The van der Waals surface area contributed by atoms with Crippen molar-refractivity contribution in [1.82, 2.24) is 5.43 Å². The summed E-state index contributed by atoms with van der Waals surface area (Å²) in [5, 5.41) is 4.03. The van der Waals surface area contributed by atoms with Gasteiger partial charge in [0.25, 0.3) is 0 Å². The van der Waals surface area contributed by atoms with E-state index < -0.39 is 0 Å². The van der Waals surface area contributed by atoms with Gasteiger partial charge in [0.15, 0.2) is 0 Å². The predicted molar refractivity (Wildman–Crippen MR) is 71.8 cm³/mol. The Bertz CT molecular complexity index is 472. The Balaban J connectivity index is 1.74. The molecule has 0 spiro atoms. The zero-order valence-corrected chi connectivity index (χ0v) is 10.4. The molecule has 2 heterocycles. The van der Waals surface area contributed by atoms with E-state index in [2.05, 4.69) is 39.7 Å². The molecule has 0 atom stereocenters. The second-order valence-corrected chi connectivity index (χ2v) is 4.86. The fraction of sp³-hybridized carbons (Fsp3) is 0.429. The zero-order valence-electron chi connectivity index (χ0n) is 10.4. The average molecular weight is 243 g/mol. The second-order valence-electron chi connectivity index (χ2n) is 4.86. The van der Waals surface area contributed by atoms with Gasteiger partial charge in [0.2, 0.25) is 5.91 Å². The number of anilines is 1. The SMILES string of the molecule is O=C1CC(c2ccc(N3CCCCC3)cc2)=NN1. The second kappa shape index (κ2) is 4.80. The monoisotopic (exact) mass is 243 g/mol. The van der Waals surface area contributed by atoms with Crippen LogP contribution in [0.5, 0.6) is 0 Å². The molecule has 1 fully saturated rings. The molecule has 0 aromatic heterocycles. The highest BCUT2D eigenvalue weighted by Gasteiger charge is 2.16. The van der Waals surface area contributed by atoms with E-state index in [0.717, 1.165) is 24.4 Å². The Morgan fingerprint density at radius 1 is 1.06 bits per heavy atom. The lowest BCUT2D eigenvalue weighted by Gasteiger charge is -2.28. The summed E-state index contributed by atoms with van der Waals surface area (Å²) >= 11 is 0. The summed E-state index contributed by atoms with van der Waals surface area (Å²) in [5.41, 5.74) is 5.63. The van der Waals surface area contributed by atoms with Crippen LogP contribution >= 0.6 is 0 Å². The van der Waals surface area contributed by atoms with Crippen molar-refractivity contribution < 1.29 is 4.79 Å². The molecule has 1 saturated heterocycles. The maximum absolute atomic E-state index is 11.1. The number of rotatable bonds is 2. The Hall–Kier alpha value is -1.84. The van der Waals surface area contributed by atoms with Crippen LogP contribution in [0.4, 0.5) is 5.69 Å². The highest BCUT2D eigenvalue weighted by atomic mass is 16.2. The number of amides is 1. The number of hydrogen-bond donors (Lipinski definition) is 1. The Kier molecular flexibility index (Phi) is 3.00. The van der Waals surface area contributed by atoms with Crippen LogP contribution < -0.4 is 10.3 Å². The minimum atomic E-state index is -0.0230. The fourth-order valence-corrected chi connectivity index (χ4v) is 2.54. The number of hydrazone groups is 1. The molecule has 18 heavy (non-hydrogen) atoms. The third-order valence-corrected chi connectivity index (χ3v) is 3.57. The van der Waals surface area contributed by atoms with E-state index in [1.54, 1.807) is 0 Å². The fourth-order valence-electron chi connectivity index (χ4n) is 2.54. The minimum absolute atomic E-state index is 0.0230.